The molecule has 9 aromatic rings. The summed E-state index contributed by atoms with van der Waals surface area (Å²) >= 11 is 30.2. The predicted octanol–water partition coefficient (Wildman–Crippen LogP) is 9.27. The van der Waals surface area contributed by atoms with Gasteiger partial charge in [0.1, 0.15) is 58.8 Å². The van der Waals surface area contributed by atoms with Crippen LogP contribution in [0.25, 0.3) is 16.7 Å². The van der Waals surface area contributed by atoms with Gasteiger partial charge in [0.05, 0.1) is 82.3 Å². The lowest BCUT2D eigenvalue weighted by molar-refractivity contribution is 0.0429. The first-order chi connectivity index (χ1) is 53.7. The number of hydrogen-bond donors (Lipinski definition) is 9. The minimum atomic E-state index is -4.11. The highest BCUT2D eigenvalue weighted by molar-refractivity contribution is 7.84. The van der Waals surface area contributed by atoms with Crippen LogP contribution in [0, 0.1) is 31.6 Å². The average molecular weight is 1740 g/mol. The van der Waals surface area contributed by atoms with E-state index in [1.54, 1.807) is 12.3 Å². The molecule has 10 heterocycles. The van der Waals surface area contributed by atoms with E-state index in [-0.39, 0.29) is 73.2 Å². The number of carbonyl (C=O) groups excluding carboxylic acids is 2. The Hall–Kier alpha value is -7.00. The van der Waals surface area contributed by atoms with Crippen molar-refractivity contribution in [1.82, 2.24) is 44.4 Å². The van der Waals surface area contributed by atoms with Crippen molar-refractivity contribution in [2.24, 2.45) is 33.2 Å². The molecular weight excluding hydrogens is 1670 g/mol. The Labute approximate surface area is 683 Å². The predicted molar refractivity (Wildman–Crippen MR) is 428 cm³/mol. The number of likely N-dealkylation sites (N-methyl/N-ethyl adjacent to an activating group) is 1. The molecule has 12 N–H and O–H groups in total. The van der Waals surface area contributed by atoms with Crippen molar-refractivity contribution < 1.29 is 72.2 Å². The van der Waals surface area contributed by atoms with Crippen molar-refractivity contribution in [3.63, 3.8) is 0 Å². The highest BCUT2D eigenvalue weighted by atomic mass is 35.5. The molecule has 113 heavy (non-hydrogen) atoms. The Morgan fingerprint density at radius 1 is 0.611 bits per heavy atom. The largest absolute Gasteiger partial charge is 0.393 e. The quantitative estimate of drug-likeness (QED) is 0.0254. The maximum Gasteiger partial charge on any atom is 0.333 e. The molecule has 0 amide bonds. The molecule has 11 atom stereocenters. The summed E-state index contributed by atoms with van der Waals surface area (Å²) in [6, 6.07) is 14.5. The van der Waals surface area contributed by atoms with E-state index < -0.39 is 61.1 Å². The zero-order valence-electron chi connectivity index (χ0n) is 60.7. The molecule has 41 heteroatoms. The van der Waals surface area contributed by atoms with Crippen molar-refractivity contribution in [2.45, 2.75) is 127 Å². The molecule has 3 aliphatic carbocycles. The number of ether oxygens (including phenoxy) is 2. The van der Waals surface area contributed by atoms with Crippen molar-refractivity contribution in [3.8, 4) is 11.1 Å². The normalized spacial score (nSPS) is 22.8. The molecule has 0 bridgehead atoms. The van der Waals surface area contributed by atoms with Crippen LogP contribution in [0.5, 0.6) is 0 Å². The summed E-state index contributed by atoms with van der Waals surface area (Å²) in [6.07, 6.45) is 10.9. The molecule has 2 unspecified atom stereocenters. The molecule has 0 radical (unpaired) electrons. The number of hydrogen-bond acceptors (Lipinski definition) is 30. The summed E-state index contributed by atoms with van der Waals surface area (Å²) in [5.41, 5.74) is 10.5. The van der Waals surface area contributed by atoms with Crippen molar-refractivity contribution in [2.75, 3.05) is 56.0 Å². The molecule has 6 aliphatic rings. The first-order valence-electron chi connectivity index (χ1n) is 35.4. The van der Waals surface area contributed by atoms with Crippen LogP contribution in [0.3, 0.4) is 0 Å². The molecule has 602 valence electrons. The Kier molecular flexibility index (Phi) is 26.3. The van der Waals surface area contributed by atoms with Gasteiger partial charge in [-0.3, -0.25) is 22.1 Å². The number of imidazole rings is 1. The first kappa shape index (κ1) is 83.9. The molecule has 15 rings (SSSR count). The van der Waals surface area contributed by atoms with Gasteiger partial charge < -0.3 is 50.2 Å². The molecule has 31 nitrogen and oxygen atoms in total. The lowest BCUT2D eigenvalue weighted by Gasteiger charge is -2.27. The fourth-order valence-corrected chi connectivity index (χ4v) is 20.0. The zero-order valence-corrected chi connectivity index (χ0v) is 68.6. The second-order valence-corrected chi connectivity index (χ2v) is 37.3. The third-order valence-corrected chi connectivity index (χ3v) is 26.2. The summed E-state index contributed by atoms with van der Waals surface area (Å²) in [5, 5.41) is 56.8. The number of rotatable bonds is 24. The van der Waals surface area contributed by atoms with Crippen LogP contribution in [0.15, 0.2) is 98.9 Å². The van der Waals surface area contributed by atoms with Crippen LogP contribution < -0.4 is 31.4 Å². The van der Waals surface area contributed by atoms with E-state index in [1.165, 1.54) is 70.9 Å². The monoisotopic (exact) mass is 1740 g/mol. The molecule has 2 aromatic carbocycles. The van der Waals surface area contributed by atoms with Gasteiger partial charge in [-0.1, -0.05) is 65.1 Å². The van der Waals surface area contributed by atoms with Gasteiger partial charge in [-0.05, 0) is 130 Å². The molecule has 3 fully saturated rings. The molecule has 0 spiro atoms. The number of anilines is 3. The Morgan fingerprint density at radius 3 is 1.66 bits per heavy atom. The van der Waals surface area contributed by atoms with E-state index in [2.05, 4.69) is 86.5 Å². The van der Waals surface area contributed by atoms with Gasteiger partial charge in [0.2, 0.25) is 11.6 Å². The van der Waals surface area contributed by atoms with E-state index >= 15 is 0 Å². The molecule has 3 aliphatic heterocycles. The molecule has 0 saturated heterocycles. The summed E-state index contributed by atoms with van der Waals surface area (Å²) in [7, 11) is -10.2. The third kappa shape index (κ3) is 20.3. The number of halogens is 4. The number of aromatic nitrogens is 8. The molecule has 7 aromatic heterocycles. The number of nitrogens with two attached hydrogens (primary N) is 3. The Bertz CT molecular complexity index is 5430. The van der Waals surface area contributed by atoms with E-state index in [9.17, 15) is 50.2 Å². The second-order valence-electron chi connectivity index (χ2n) is 28.3. The average Bonchev–Trinajstić information content (AvgIpc) is 1.71. The van der Waals surface area contributed by atoms with E-state index in [0.29, 0.717) is 120 Å². The van der Waals surface area contributed by atoms with Gasteiger partial charge >= 0.3 is 30.9 Å². The number of nitrogens with one attached hydrogen (secondary N) is 3. The van der Waals surface area contributed by atoms with E-state index in [4.69, 9.17) is 71.3 Å². The number of nitrogens with zero attached hydrogens (tertiary/aromatic N) is 9. The molecular formula is C72H79Cl4N15O16S6. The van der Waals surface area contributed by atoms with Gasteiger partial charge in [0, 0.05) is 128 Å². The maximum atomic E-state index is 13.6. The van der Waals surface area contributed by atoms with Crippen LogP contribution >= 0.6 is 80.4 Å². The highest BCUT2D eigenvalue weighted by Gasteiger charge is 2.40. The van der Waals surface area contributed by atoms with E-state index in [0.717, 1.165) is 80.7 Å². The first-order valence-corrected chi connectivity index (χ1v) is 43.8. The standard InChI is InChI=1S/C25H27Cl2N5O5S2.C24H24Cl2N4O5S2.C23H28N6O6S2/c1-32-5-4-13-2-3-19(26)22(18(13)10-32)16-8-21(38-24(16)27)23(34)17-9-29-12-30-25(17)31-15-6-14(20(33)7-15)11-37-39(28,35)36;1-12(21-7-18(23(26)36-21)22-17-5-15(25)3-2-13(17)9-34-22)19-8-28-11-29-24(19)30-16-4-14(20(31)6-16)10-35-37(27,32)33;1-12-9-29-3-4-34-21(23(29)27-12)16-7-19(36-13(16)2)20(31)17-8-25-11-26-22(17)28-15-5-14(18(30)6-15)10-35-37(24,32)33/h2-3,8-9,12,14-15,20,33H,4-7,10-11H2,1H3,(H2,28,35,36)(H,29,30,31);2-3,5,7-8,11,14,16,20,22,31H,1,4,6,9-10H2,(H2,27,32,33)(H,28,29,30);7-9,11,14-15,18,21,30H,3-6,10H2,1-2H3,(H2,24,32,33)(H,25,26,28)/t14-,15-,20+;14-,16-,20+,22?;14-,15-,18+,21?/m111/s1. The third-order valence-electron chi connectivity index (χ3n) is 20.3. The molecule has 3 saturated carbocycles. The number of aliphatic hydroxyl groups is 3. The van der Waals surface area contributed by atoms with Crippen molar-refractivity contribution >= 4 is 146 Å². The number of thiophene rings is 3. The number of fused-ring (bicyclic) bond motifs is 3. The number of aliphatic hydroxyl groups excluding tert-OH is 3. The highest BCUT2D eigenvalue weighted by Crippen LogP contribution is 2.48. The SMILES string of the molecule is C=C(c1cc(C2OCc3ccc(Cl)cc32)c(Cl)s1)c1cncnc1N[C@@H]1C[C@H](COS(N)(=O)=O)[C@@H](O)C1.CN1CCc2ccc(Cl)c(-c3cc(C(=O)c4cncnc4N[C@@H]4C[C@H](COS(N)(=O)=O)[C@@H](O)C4)sc3Cl)c2C1.Cc1cn2c(n1)C(c1cc(C(=O)c3cncnc3N[C@@H]3C[C@H](COS(N)(=O)=O)[C@@H](O)C3)sc1C)OCC2. The van der Waals surface area contributed by atoms with Crippen molar-refractivity contribution in [1.29, 1.82) is 0 Å². The minimum Gasteiger partial charge on any atom is -0.393 e. The number of ketones is 2. The van der Waals surface area contributed by atoms with Crippen molar-refractivity contribution in [3.05, 3.63) is 199 Å². The minimum absolute atomic E-state index is 0.166. The summed E-state index contributed by atoms with van der Waals surface area (Å²) in [6.45, 7) is 11.0. The van der Waals surface area contributed by atoms with Crippen LogP contribution in [0.2, 0.25) is 18.7 Å². The Morgan fingerprint density at radius 2 is 1.12 bits per heavy atom. The lowest BCUT2D eigenvalue weighted by atomic mass is 9.92. The van der Waals surface area contributed by atoms with Gasteiger partial charge in [-0.2, -0.15) is 25.3 Å². The Balaban J connectivity index is 0.000000148. The van der Waals surface area contributed by atoms with Crippen LogP contribution in [-0.2, 0) is 79.1 Å². The fourth-order valence-electron chi connectivity index (χ4n) is 14.9. The van der Waals surface area contributed by atoms with Gasteiger partial charge in [-0.25, -0.2) is 50.3 Å². The lowest BCUT2D eigenvalue weighted by Crippen LogP contribution is -2.27. The van der Waals surface area contributed by atoms with Crippen LogP contribution in [0.4, 0.5) is 17.5 Å². The maximum absolute atomic E-state index is 13.6. The van der Waals surface area contributed by atoms with E-state index in [1.807, 2.05) is 62.5 Å². The number of aryl methyl sites for hydroxylation is 2. The smallest absolute Gasteiger partial charge is 0.333 e. The van der Waals surface area contributed by atoms with Crippen LogP contribution in [-0.4, -0.2) is 173 Å². The summed E-state index contributed by atoms with van der Waals surface area (Å²) < 4.78 is 95.9. The second kappa shape index (κ2) is 35.4. The van der Waals surface area contributed by atoms with Gasteiger partial charge in [-0.15, -0.1) is 34.0 Å². The van der Waals surface area contributed by atoms with Gasteiger partial charge in [0.15, 0.2) is 0 Å². The summed E-state index contributed by atoms with van der Waals surface area (Å²) in [4.78, 5) is 62.0. The fraction of sp³-hybridized carbons (Fsp3) is 0.403. The topological polar surface area (TPSA) is 456 Å². The zero-order chi connectivity index (χ0) is 80.5. The summed E-state index contributed by atoms with van der Waals surface area (Å²) in [5.74, 6) is 0.242. The number of carbonyl (C=O) groups is 2. The number of benzene rings is 2. The van der Waals surface area contributed by atoms with Crippen LogP contribution in [0.1, 0.15) is 141 Å². The van der Waals surface area contributed by atoms with Gasteiger partial charge in [0.25, 0.3) is 0 Å².